The van der Waals surface area contributed by atoms with Gasteiger partial charge >= 0.3 is 0 Å². The van der Waals surface area contributed by atoms with Gasteiger partial charge in [-0.3, -0.25) is 9.10 Å². The molecule has 0 aliphatic rings. The van der Waals surface area contributed by atoms with Gasteiger partial charge in [0.2, 0.25) is 5.91 Å². The summed E-state index contributed by atoms with van der Waals surface area (Å²) in [5, 5.41) is 2.71. The highest BCUT2D eigenvalue weighted by molar-refractivity contribution is 7.92. The fraction of sp³-hybridized carbons (Fsp3) is 0.296. The van der Waals surface area contributed by atoms with E-state index in [-0.39, 0.29) is 29.1 Å². The molecule has 0 aromatic heterocycles. The number of para-hydroxylation sites is 1. The Labute approximate surface area is 206 Å². The van der Waals surface area contributed by atoms with Gasteiger partial charge in [-0.1, -0.05) is 56.7 Å². The molecule has 0 aliphatic heterocycles. The van der Waals surface area contributed by atoms with Gasteiger partial charge in [-0.05, 0) is 60.4 Å². The van der Waals surface area contributed by atoms with Crippen LogP contribution in [0.2, 0.25) is 0 Å². The molecule has 8 heteroatoms. The van der Waals surface area contributed by atoms with Crippen molar-refractivity contribution in [3.05, 3.63) is 89.7 Å². The van der Waals surface area contributed by atoms with E-state index < -0.39 is 28.3 Å². The molecule has 0 saturated carbocycles. The number of nitrogens with zero attached hydrogens (tertiary/aromatic N) is 1. The van der Waals surface area contributed by atoms with Crippen LogP contribution in [-0.2, 0) is 20.2 Å². The lowest BCUT2D eigenvalue weighted by molar-refractivity contribution is -0.119. The van der Waals surface area contributed by atoms with E-state index in [4.69, 9.17) is 4.74 Å². The first-order valence-corrected chi connectivity index (χ1v) is 12.8. The molecular weight excluding hydrogens is 467 g/mol. The van der Waals surface area contributed by atoms with E-state index >= 15 is 0 Å². The lowest BCUT2D eigenvalue weighted by atomic mass is 9.86. The monoisotopic (exact) mass is 498 g/mol. The van der Waals surface area contributed by atoms with E-state index in [2.05, 4.69) is 26.1 Å². The first-order valence-electron chi connectivity index (χ1n) is 11.3. The largest absolute Gasteiger partial charge is 0.491 e. The van der Waals surface area contributed by atoms with Gasteiger partial charge in [-0.15, -0.1) is 0 Å². The molecule has 0 saturated heterocycles. The van der Waals surface area contributed by atoms with Crippen molar-refractivity contribution in [1.82, 2.24) is 5.32 Å². The second-order valence-electron chi connectivity index (χ2n) is 9.25. The Morgan fingerprint density at radius 1 is 0.971 bits per heavy atom. The average Bonchev–Trinajstić information content (AvgIpc) is 2.81. The molecule has 0 fully saturated rings. The number of halogens is 1. The number of ether oxygens (including phenoxy) is 1. The van der Waals surface area contributed by atoms with Crippen LogP contribution in [0.4, 0.5) is 10.1 Å². The zero-order valence-electron chi connectivity index (χ0n) is 20.4. The molecule has 1 N–H and O–H groups in total. The summed E-state index contributed by atoms with van der Waals surface area (Å²) in [7, 11) is -4.06. The van der Waals surface area contributed by atoms with Crippen LogP contribution in [0, 0.1) is 12.7 Å². The lowest BCUT2D eigenvalue weighted by Gasteiger charge is -2.24. The third-order valence-electron chi connectivity index (χ3n) is 5.39. The van der Waals surface area contributed by atoms with Gasteiger partial charge in [0.25, 0.3) is 10.0 Å². The van der Waals surface area contributed by atoms with Crippen molar-refractivity contribution in [2.24, 2.45) is 0 Å². The number of sulfonamides is 1. The lowest BCUT2D eigenvalue weighted by Crippen LogP contribution is -2.42. The summed E-state index contributed by atoms with van der Waals surface area (Å²) in [6.45, 7) is 8.09. The highest BCUT2D eigenvalue weighted by Gasteiger charge is 2.27. The molecule has 0 atom stereocenters. The van der Waals surface area contributed by atoms with Gasteiger partial charge in [0.15, 0.2) is 0 Å². The summed E-state index contributed by atoms with van der Waals surface area (Å²) in [6, 6.07) is 19.0. The van der Waals surface area contributed by atoms with Gasteiger partial charge in [-0.25, -0.2) is 12.8 Å². The first-order chi connectivity index (χ1) is 16.5. The number of hydrogen-bond acceptors (Lipinski definition) is 4. The number of hydrogen-bond donors (Lipinski definition) is 1. The Morgan fingerprint density at radius 2 is 1.60 bits per heavy atom. The number of rotatable bonds is 9. The summed E-state index contributed by atoms with van der Waals surface area (Å²) in [5.41, 5.74) is 2.05. The normalized spacial score (nSPS) is 11.7. The maximum Gasteiger partial charge on any atom is 0.264 e. The Hall–Kier alpha value is -3.39. The van der Waals surface area contributed by atoms with Crippen LogP contribution in [0.25, 0.3) is 0 Å². The maximum atomic E-state index is 13.5. The molecule has 1 amide bonds. The third-order valence-corrected chi connectivity index (χ3v) is 7.18. The topological polar surface area (TPSA) is 75.7 Å². The van der Waals surface area contributed by atoms with Gasteiger partial charge in [0.05, 0.1) is 17.1 Å². The number of carbonyl (C=O) groups is 1. The molecule has 0 unspecified atom stereocenters. The van der Waals surface area contributed by atoms with E-state index in [1.165, 1.54) is 24.3 Å². The molecular formula is C27H31FN2O4S. The summed E-state index contributed by atoms with van der Waals surface area (Å²) in [6.07, 6.45) is 0. The molecule has 35 heavy (non-hydrogen) atoms. The number of anilines is 1. The maximum absolute atomic E-state index is 13.5. The zero-order chi connectivity index (χ0) is 25.6. The van der Waals surface area contributed by atoms with Crippen molar-refractivity contribution in [2.45, 2.75) is 38.0 Å². The summed E-state index contributed by atoms with van der Waals surface area (Å²) in [5.74, 6) is -0.263. The van der Waals surface area contributed by atoms with Gasteiger partial charge in [0.1, 0.15) is 24.7 Å². The van der Waals surface area contributed by atoms with Gasteiger partial charge in [0, 0.05) is 0 Å². The van der Waals surface area contributed by atoms with Gasteiger partial charge < -0.3 is 10.1 Å². The minimum Gasteiger partial charge on any atom is -0.491 e. The quantitative estimate of drug-likeness (QED) is 0.429. The van der Waals surface area contributed by atoms with Crippen LogP contribution in [0.3, 0.4) is 0 Å². The number of benzene rings is 3. The predicted octanol–water partition coefficient (Wildman–Crippen LogP) is 4.82. The van der Waals surface area contributed by atoms with Crippen LogP contribution in [0.15, 0.2) is 77.7 Å². The van der Waals surface area contributed by atoms with E-state index in [1.807, 2.05) is 31.2 Å². The van der Waals surface area contributed by atoms with Crippen LogP contribution in [-0.4, -0.2) is 34.0 Å². The highest BCUT2D eigenvalue weighted by Crippen LogP contribution is 2.30. The Morgan fingerprint density at radius 3 is 2.23 bits per heavy atom. The molecule has 6 nitrogen and oxygen atoms in total. The summed E-state index contributed by atoms with van der Waals surface area (Å²) in [4.78, 5) is 12.8. The van der Waals surface area contributed by atoms with E-state index in [0.717, 1.165) is 33.3 Å². The Bertz CT molecular complexity index is 1250. The van der Waals surface area contributed by atoms with Crippen molar-refractivity contribution >= 4 is 21.6 Å². The van der Waals surface area contributed by atoms with Crippen molar-refractivity contribution in [3.63, 3.8) is 0 Å². The minimum atomic E-state index is -4.06. The molecule has 3 rings (SSSR count). The van der Waals surface area contributed by atoms with Crippen molar-refractivity contribution in [1.29, 1.82) is 0 Å². The van der Waals surface area contributed by atoms with Crippen LogP contribution < -0.4 is 14.4 Å². The smallest absolute Gasteiger partial charge is 0.264 e. The van der Waals surface area contributed by atoms with Crippen LogP contribution >= 0.6 is 0 Å². The highest BCUT2D eigenvalue weighted by atomic mass is 32.2. The summed E-state index contributed by atoms with van der Waals surface area (Å²) >= 11 is 0. The predicted molar refractivity (Wildman–Crippen MR) is 136 cm³/mol. The van der Waals surface area contributed by atoms with Gasteiger partial charge in [-0.2, -0.15) is 0 Å². The molecule has 0 radical (unpaired) electrons. The zero-order valence-corrected chi connectivity index (χ0v) is 21.2. The van der Waals surface area contributed by atoms with E-state index in [0.29, 0.717) is 0 Å². The number of carbonyl (C=O) groups excluding carboxylic acids is 1. The van der Waals surface area contributed by atoms with Crippen LogP contribution in [0.5, 0.6) is 5.75 Å². The minimum absolute atomic E-state index is 0.0438. The number of nitrogens with one attached hydrogen (secondary N) is 1. The molecule has 3 aromatic carbocycles. The Kier molecular flexibility index (Phi) is 8.17. The average molecular weight is 499 g/mol. The first kappa shape index (κ1) is 26.2. The standard InChI is InChI=1S/C27H31FN2O4S/c1-20-9-15-23(16-10-20)35(32,33)30(22-13-11-21(28)12-14-22)19-26(31)29-17-18-34-25-8-6-5-7-24(25)27(2,3)4/h5-16H,17-19H2,1-4H3,(H,29,31). The molecule has 186 valence electrons. The van der Waals surface area contributed by atoms with E-state index in [1.54, 1.807) is 12.1 Å². The molecule has 0 bridgehead atoms. The fourth-order valence-corrected chi connectivity index (χ4v) is 4.93. The second kappa shape index (κ2) is 10.9. The van der Waals surface area contributed by atoms with Crippen molar-refractivity contribution in [2.75, 3.05) is 24.0 Å². The van der Waals surface area contributed by atoms with E-state index in [9.17, 15) is 17.6 Å². The summed E-state index contributed by atoms with van der Waals surface area (Å²) < 4.78 is 47.0. The fourth-order valence-electron chi connectivity index (χ4n) is 3.51. The second-order valence-corrected chi connectivity index (χ2v) is 11.1. The number of aryl methyl sites for hydroxylation is 1. The van der Waals surface area contributed by atoms with Crippen LogP contribution in [0.1, 0.15) is 31.9 Å². The Balaban J connectivity index is 1.70. The van der Waals surface area contributed by atoms with Crippen molar-refractivity contribution in [3.8, 4) is 5.75 Å². The molecule has 0 aliphatic carbocycles. The number of amides is 1. The van der Waals surface area contributed by atoms with Crippen molar-refractivity contribution < 1.29 is 22.3 Å². The third kappa shape index (κ3) is 6.82. The molecule has 0 heterocycles. The molecule has 3 aromatic rings. The SMILES string of the molecule is Cc1ccc(S(=O)(=O)N(CC(=O)NCCOc2ccccc2C(C)(C)C)c2ccc(F)cc2)cc1. The molecule has 0 spiro atoms.